The summed E-state index contributed by atoms with van der Waals surface area (Å²) in [6.07, 6.45) is 0. The van der Waals surface area contributed by atoms with E-state index in [1.165, 1.54) is 33.0 Å². The van der Waals surface area contributed by atoms with E-state index in [4.69, 9.17) is 9.15 Å². The lowest BCUT2D eigenvalue weighted by Gasteiger charge is -2.24. The van der Waals surface area contributed by atoms with Gasteiger partial charge in [0.05, 0.1) is 5.56 Å². The van der Waals surface area contributed by atoms with Crippen molar-refractivity contribution in [2.45, 2.75) is 56.8 Å². The van der Waals surface area contributed by atoms with Crippen molar-refractivity contribution in [3.05, 3.63) is 89.0 Å². The highest BCUT2D eigenvalue weighted by Crippen LogP contribution is 2.66. The van der Waals surface area contributed by atoms with Gasteiger partial charge in [-0.25, -0.2) is 0 Å². The summed E-state index contributed by atoms with van der Waals surface area (Å²) in [5.41, 5.74) is 10.3. The van der Waals surface area contributed by atoms with E-state index in [9.17, 15) is 5.11 Å². The van der Waals surface area contributed by atoms with Crippen molar-refractivity contribution in [2.24, 2.45) is 0 Å². The number of furan rings is 1. The largest absolute Gasteiger partial charge is 0.456 e. The van der Waals surface area contributed by atoms with Crippen molar-refractivity contribution in [3.8, 4) is 22.6 Å². The number of benzene rings is 3. The van der Waals surface area contributed by atoms with Gasteiger partial charge in [0.1, 0.15) is 17.3 Å². The van der Waals surface area contributed by atoms with Crippen molar-refractivity contribution in [1.29, 1.82) is 0 Å². The predicted octanol–water partition coefficient (Wildman–Crippen LogP) is 6.96. The minimum Gasteiger partial charge on any atom is -0.456 e. The number of hydrogen-bond acceptors (Lipinski definition) is 3. The summed E-state index contributed by atoms with van der Waals surface area (Å²) in [4.78, 5) is 0. The van der Waals surface area contributed by atoms with Crippen LogP contribution in [0.5, 0.6) is 0 Å². The fourth-order valence-electron chi connectivity index (χ4n) is 7.52. The van der Waals surface area contributed by atoms with E-state index in [2.05, 4.69) is 92.9 Å². The zero-order chi connectivity index (χ0) is 25.4. The van der Waals surface area contributed by atoms with Crippen LogP contribution in [-0.2, 0) is 10.2 Å². The average molecular weight is 489 g/mol. The number of pyridine rings is 1. The third-order valence-electron chi connectivity index (χ3n) is 9.28. The van der Waals surface area contributed by atoms with Crippen LogP contribution in [0.1, 0.15) is 67.8 Å². The van der Waals surface area contributed by atoms with Gasteiger partial charge in [0, 0.05) is 46.6 Å². The molecule has 2 aromatic heterocycles. The molecule has 3 aliphatic rings. The summed E-state index contributed by atoms with van der Waals surface area (Å²) < 4.78 is 14.8. The maximum atomic E-state index is 11.7. The van der Waals surface area contributed by atoms with Crippen LogP contribution in [0.3, 0.4) is 0 Å². The standard InChI is InChI=1S/C33H30NO3/c1-17(2)21-16-24-26-20(29-31(33(29,35)36-5)34(24)23-12-8-6-10-18(21)23)14-15-22-27(26)30-28(32(22,3)4)19-11-7-9-13-25(19)37-30/h6-17,29,31,35H,1-5H3/q+1. The van der Waals surface area contributed by atoms with Crippen molar-refractivity contribution < 1.29 is 18.8 Å². The average Bonchev–Trinajstić information content (AvgIpc) is 3.22. The van der Waals surface area contributed by atoms with Crippen molar-refractivity contribution >= 4 is 21.9 Å². The number of ether oxygens (including phenoxy) is 1. The van der Waals surface area contributed by atoms with Crippen molar-refractivity contribution in [3.63, 3.8) is 0 Å². The summed E-state index contributed by atoms with van der Waals surface area (Å²) in [6.45, 7) is 9.11. The van der Waals surface area contributed by atoms with Gasteiger partial charge in [0.2, 0.25) is 23.0 Å². The molecule has 3 heterocycles. The molecule has 3 atom stereocenters. The first-order chi connectivity index (χ1) is 17.8. The van der Waals surface area contributed by atoms with Crippen LogP contribution in [0.25, 0.3) is 44.5 Å². The molecule has 4 heteroatoms. The number of hydrogen-bond donors (Lipinski definition) is 1. The number of fused-ring (bicyclic) bond motifs is 14. The van der Waals surface area contributed by atoms with Gasteiger partial charge in [-0.1, -0.05) is 70.2 Å². The van der Waals surface area contributed by atoms with Gasteiger partial charge in [0.25, 0.3) is 0 Å². The molecule has 0 bridgehead atoms. The van der Waals surface area contributed by atoms with Crippen molar-refractivity contribution in [2.75, 3.05) is 7.11 Å². The van der Waals surface area contributed by atoms with Gasteiger partial charge in [-0.05, 0) is 34.7 Å². The van der Waals surface area contributed by atoms with Gasteiger partial charge in [-0.15, -0.1) is 0 Å². The lowest BCUT2D eigenvalue weighted by atomic mass is 9.79. The Balaban J connectivity index is 1.56. The number of aromatic nitrogens is 1. The molecular weight excluding hydrogens is 458 g/mol. The van der Waals surface area contributed by atoms with E-state index in [0.29, 0.717) is 5.92 Å². The molecule has 3 aromatic carbocycles. The number of para-hydroxylation sites is 2. The highest BCUT2D eigenvalue weighted by molar-refractivity contribution is 6.00. The van der Waals surface area contributed by atoms with Gasteiger partial charge >= 0.3 is 0 Å². The van der Waals surface area contributed by atoms with Gasteiger partial charge in [0.15, 0.2) is 0 Å². The lowest BCUT2D eigenvalue weighted by molar-refractivity contribution is -0.677. The van der Waals surface area contributed by atoms with Crippen LogP contribution in [0.4, 0.5) is 0 Å². The van der Waals surface area contributed by atoms with Crippen LogP contribution in [0.2, 0.25) is 0 Å². The lowest BCUT2D eigenvalue weighted by Crippen LogP contribution is -2.42. The monoisotopic (exact) mass is 488 g/mol. The maximum Gasteiger partial charge on any atom is 0.244 e. The topological polar surface area (TPSA) is 46.5 Å². The van der Waals surface area contributed by atoms with Crippen LogP contribution in [0, 0.1) is 0 Å². The Morgan fingerprint density at radius 2 is 1.68 bits per heavy atom. The summed E-state index contributed by atoms with van der Waals surface area (Å²) in [6, 6.07) is 23.6. The summed E-state index contributed by atoms with van der Waals surface area (Å²) in [5.74, 6) is -0.0669. The fourth-order valence-corrected chi connectivity index (χ4v) is 7.52. The Labute approximate surface area is 216 Å². The summed E-state index contributed by atoms with van der Waals surface area (Å²) in [7, 11) is 1.62. The molecule has 1 saturated carbocycles. The number of nitrogens with zero attached hydrogens (tertiary/aromatic N) is 1. The Kier molecular flexibility index (Phi) is 3.91. The molecule has 37 heavy (non-hydrogen) atoms. The second-order valence-corrected chi connectivity index (χ2v) is 11.8. The van der Waals surface area contributed by atoms with Crippen LogP contribution in [0.15, 0.2) is 71.1 Å². The quantitative estimate of drug-likeness (QED) is 0.216. The molecule has 4 nitrogen and oxygen atoms in total. The van der Waals surface area contributed by atoms with Gasteiger partial charge in [-0.2, -0.15) is 4.57 Å². The molecule has 0 radical (unpaired) electrons. The molecule has 184 valence electrons. The molecule has 1 aliphatic heterocycles. The first-order valence-corrected chi connectivity index (χ1v) is 13.2. The molecule has 0 saturated heterocycles. The Hall–Kier alpha value is -3.47. The minimum absolute atomic E-state index is 0.139. The fraction of sp³-hybridized carbons (Fsp3) is 0.303. The summed E-state index contributed by atoms with van der Waals surface area (Å²) in [5, 5.41) is 14.1. The first-order valence-electron chi connectivity index (χ1n) is 13.2. The molecule has 0 spiro atoms. The Bertz CT molecular complexity index is 1810. The molecule has 1 N–H and O–H groups in total. The Morgan fingerprint density at radius 3 is 2.43 bits per heavy atom. The van der Waals surface area contributed by atoms with E-state index in [1.807, 2.05) is 6.07 Å². The van der Waals surface area contributed by atoms with Crippen LogP contribution >= 0.6 is 0 Å². The second kappa shape index (κ2) is 6.69. The third kappa shape index (κ3) is 2.39. The third-order valence-corrected chi connectivity index (χ3v) is 9.28. The molecular formula is C33H30NO3+. The van der Waals surface area contributed by atoms with E-state index in [1.54, 1.807) is 7.11 Å². The zero-order valence-corrected chi connectivity index (χ0v) is 21.8. The normalized spacial score (nSPS) is 24.1. The van der Waals surface area contributed by atoms with E-state index >= 15 is 0 Å². The maximum absolute atomic E-state index is 11.7. The van der Waals surface area contributed by atoms with Crippen LogP contribution < -0.4 is 4.57 Å². The molecule has 1 fully saturated rings. The van der Waals surface area contributed by atoms with Gasteiger partial charge < -0.3 is 14.3 Å². The second-order valence-electron chi connectivity index (χ2n) is 11.8. The highest BCUT2D eigenvalue weighted by atomic mass is 16.6. The van der Waals surface area contributed by atoms with E-state index in [0.717, 1.165) is 33.7 Å². The molecule has 2 aliphatic carbocycles. The highest BCUT2D eigenvalue weighted by Gasteiger charge is 2.77. The number of aliphatic hydroxyl groups is 1. The molecule has 5 aromatic rings. The number of methoxy groups -OCH3 is 1. The first kappa shape index (κ1) is 21.6. The van der Waals surface area contributed by atoms with E-state index in [-0.39, 0.29) is 17.4 Å². The summed E-state index contributed by atoms with van der Waals surface area (Å²) >= 11 is 0. The van der Waals surface area contributed by atoms with Crippen LogP contribution in [-0.4, -0.2) is 18.0 Å². The van der Waals surface area contributed by atoms with Crippen molar-refractivity contribution in [1.82, 2.24) is 0 Å². The molecule has 0 amide bonds. The Morgan fingerprint density at radius 1 is 0.946 bits per heavy atom. The predicted molar refractivity (Wildman–Crippen MR) is 145 cm³/mol. The zero-order valence-electron chi connectivity index (χ0n) is 21.8. The van der Waals surface area contributed by atoms with Gasteiger partial charge in [-0.3, -0.25) is 0 Å². The number of rotatable bonds is 2. The minimum atomic E-state index is -1.24. The SMILES string of the molecule is COC1(O)C2c3ccc4c(c3-c3cc(C(C)C)c5ccccc5[n+]3C21)-c1oc2ccccc2c1C4(C)C. The molecule has 8 rings (SSSR count). The molecule has 3 unspecified atom stereocenters. The smallest absolute Gasteiger partial charge is 0.244 e. The van der Waals surface area contributed by atoms with E-state index < -0.39 is 5.79 Å².